The lowest BCUT2D eigenvalue weighted by atomic mass is 9.73. The smallest absolute Gasteiger partial charge is 0.343 e. The Kier molecular flexibility index (Phi) is 7.76. The van der Waals surface area contributed by atoms with Crippen molar-refractivity contribution in [3.63, 3.8) is 0 Å². The van der Waals surface area contributed by atoms with Gasteiger partial charge in [-0.25, -0.2) is 14.8 Å². The Balaban J connectivity index is 1.41. The lowest BCUT2D eigenvalue weighted by Crippen LogP contribution is -2.55. The Labute approximate surface area is 197 Å². The van der Waals surface area contributed by atoms with Crippen molar-refractivity contribution in [2.24, 2.45) is 5.92 Å². The molecule has 6 nitrogen and oxygen atoms in total. The standard InChI is InChI=1S/C27H38N3O3/c1-30(16-8-10-22-18-28-21-29-19-22)17-9-15-25(20-30)33-26(31)27(32,23-11-4-2-5-12-23)24-13-6-3-7-14-24/h2,4-5,11-12,18-19,21,24-25,32H,3,6-10,13-17,20H2,1H3/q+1/t25?,27?,30-/m1/s1. The average molecular weight is 453 g/mol. The highest BCUT2D eigenvalue weighted by molar-refractivity contribution is 5.81. The van der Waals surface area contributed by atoms with Crippen molar-refractivity contribution in [3.05, 3.63) is 60.2 Å². The van der Waals surface area contributed by atoms with Crippen LogP contribution in [0.1, 0.15) is 62.5 Å². The molecule has 2 unspecified atom stereocenters. The minimum atomic E-state index is -1.56. The van der Waals surface area contributed by atoms with Crippen molar-refractivity contribution in [3.8, 4) is 0 Å². The Morgan fingerprint density at radius 3 is 2.55 bits per heavy atom. The van der Waals surface area contributed by atoms with Gasteiger partial charge in [0.25, 0.3) is 0 Å². The number of esters is 1. The van der Waals surface area contributed by atoms with Gasteiger partial charge < -0.3 is 14.3 Å². The number of quaternary nitrogens is 1. The number of likely N-dealkylation sites (tertiary alicyclic amines) is 1. The molecule has 4 rings (SSSR count). The molecular formula is C27H38N3O3+. The molecule has 6 heteroatoms. The number of benzene rings is 1. The Morgan fingerprint density at radius 1 is 1.09 bits per heavy atom. The molecule has 33 heavy (non-hydrogen) atoms. The number of nitrogens with zero attached hydrogens (tertiary/aromatic N) is 3. The first-order valence-electron chi connectivity index (χ1n) is 12.6. The second-order valence-electron chi connectivity index (χ2n) is 10.2. The Bertz CT molecular complexity index is 888. The Morgan fingerprint density at radius 2 is 1.82 bits per heavy atom. The maximum atomic E-state index is 13.5. The highest BCUT2D eigenvalue weighted by Gasteiger charge is 2.48. The number of aromatic nitrogens is 2. The summed E-state index contributed by atoms with van der Waals surface area (Å²) in [4.78, 5) is 21.8. The molecule has 178 valence electrons. The van der Waals surface area contributed by atoms with Crippen molar-refractivity contribution in [2.75, 3.05) is 26.7 Å². The number of hydrogen-bond donors (Lipinski definition) is 1. The summed E-state index contributed by atoms with van der Waals surface area (Å²) in [5.41, 5.74) is 0.264. The van der Waals surface area contributed by atoms with Crippen LogP contribution in [-0.4, -0.2) is 58.3 Å². The zero-order valence-corrected chi connectivity index (χ0v) is 19.9. The number of likely N-dealkylation sites (N-methyl/N-ethyl adjacent to an activating group) is 1. The monoisotopic (exact) mass is 452 g/mol. The summed E-state index contributed by atoms with van der Waals surface area (Å²) in [5.74, 6) is -0.542. The summed E-state index contributed by atoms with van der Waals surface area (Å²) in [6, 6.07) is 9.43. The van der Waals surface area contributed by atoms with Gasteiger partial charge >= 0.3 is 5.97 Å². The summed E-state index contributed by atoms with van der Waals surface area (Å²) in [6.07, 6.45) is 14.0. The third-order valence-corrected chi connectivity index (χ3v) is 7.64. The first kappa shape index (κ1) is 23.8. The fourth-order valence-corrected chi connectivity index (χ4v) is 5.77. The average Bonchev–Trinajstić information content (AvgIpc) is 2.85. The molecule has 3 atom stereocenters. The van der Waals surface area contributed by atoms with E-state index < -0.39 is 11.6 Å². The van der Waals surface area contributed by atoms with Crippen molar-refractivity contribution in [1.29, 1.82) is 0 Å². The van der Waals surface area contributed by atoms with Crippen LogP contribution in [0.3, 0.4) is 0 Å². The van der Waals surface area contributed by atoms with Crippen LogP contribution in [0.25, 0.3) is 0 Å². The summed E-state index contributed by atoms with van der Waals surface area (Å²) < 4.78 is 6.99. The van der Waals surface area contributed by atoms with E-state index in [1.165, 1.54) is 6.42 Å². The topological polar surface area (TPSA) is 72.3 Å². The lowest BCUT2D eigenvalue weighted by Gasteiger charge is -2.42. The predicted octanol–water partition coefficient (Wildman–Crippen LogP) is 4.03. The highest BCUT2D eigenvalue weighted by atomic mass is 16.6. The van der Waals surface area contributed by atoms with E-state index in [-0.39, 0.29) is 12.0 Å². The van der Waals surface area contributed by atoms with Gasteiger partial charge in [0.2, 0.25) is 0 Å². The third-order valence-electron chi connectivity index (χ3n) is 7.64. The van der Waals surface area contributed by atoms with Crippen molar-refractivity contribution < 1.29 is 19.1 Å². The van der Waals surface area contributed by atoms with Gasteiger partial charge in [-0.05, 0) is 36.8 Å². The van der Waals surface area contributed by atoms with Crippen molar-refractivity contribution in [2.45, 2.75) is 69.5 Å². The quantitative estimate of drug-likeness (QED) is 0.484. The summed E-state index contributed by atoms with van der Waals surface area (Å²) in [5, 5.41) is 11.8. The Hall–Kier alpha value is -2.31. The molecule has 1 aliphatic carbocycles. The number of carbonyl (C=O) groups is 1. The number of aryl methyl sites for hydroxylation is 1. The van der Waals surface area contributed by atoms with Gasteiger partial charge in [0.05, 0.1) is 20.1 Å². The molecule has 1 aliphatic heterocycles. The zero-order valence-electron chi connectivity index (χ0n) is 19.9. The largest absolute Gasteiger partial charge is 0.454 e. The maximum Gasteiger partial charge on any atom is 0.343 e. The molecule has 0 bridgehead atoms. The van der Waals surface area contributed by atoms with Crippen LogP contribution in [0.2, 0.25) is 0 Å². The zero-order chi connectivity index (χ0) is 23.2. The van der Waals surface area contributed by atoms with E-state index >= 15 is 0 Å². The number of piperidine rings is 1. The molecule has 2 fully saturated rings. The first-order chi connectivity index (χ1) is 16.0. The van der Waals surface area contributed by atoms with Gasteiger partial charge in [-0.2, -0.15) is 0 Å². The molecule has 2 heterocycles. The normalized spacial score (nSPS) is 25.8. The number of hydrogen-bond acceptors (Lipinski definition) is 5. The van der Waals surface area contributed by atoms with E-state index in [1.54, 1.807) is 6.33 Å². The third kappa shape index (κ3) is 5.79. The maximum absolute atomic E-state index is 13.5. The van der Waals surface area contributed by atoms with Gasteiger partial charge in [0.1, 0.15) is 12.9 Å². The molecule has 0 amide bonds. The first-order valence-corrected chi connectivity index (χ1v) is 12.6. The second-order valence-corrected chi connectivity index (χ2v) is 10.2. The molecule has 1 N–H and O–H groups in total. The minimum Gasteiger partial charge on any atom is -0.454 e. The van der Waals surface area contributed by atoms with Gasteiger partial charge in [-0.3, -0.25) is 0 Å². The van der Waals surface area contributed by atoms with Crippen molar-refractivity contribution >= 4 is 5.97 Å². The lowest BCUT2D eigenvalue weighted by molar-refractivity contribution is -0.917. The predicted molar refractivity (Wildman–Crippen MR) is 127 cm³/mol. The van der Waals surface area contributed by atoms with Crippen LogP contribution >= 0.6 is 0 Å². The van der Waals surface area contributed by atoms with E-state index in [2.05, 4.69) is 17.0 Å². The molecule has 1 aromatic heterocycles. The van der Waals surface area contributed by atoms with Gasteiger partial charge in [0.15, 0.2) is 11.7 Å². The SMILES string of the molecule is C[N@@+]1(CCCc2cncnc2)CCCC(OC(=O)C(O)(c2ccccc2)C2CCCCC2)C1. The number of aliphatic hydroxyl groups is 1. The molecule has 1 aromatic carbocycles. The number of rotatable bonds is 8. The molecule has 2 aliphatic rings. The van der Waals surface area contributed by atoms with Gasteiger partial charge in [-0.15, -0.1) is 0 Å². The fourth-order valence-electron chi connectivity index (χ4n) is 5.77. The number of carbonyl (C=O) groups excluding carboxylic acids is 1. The molecule has 1 saturated carbocycles. The molecule has 0 radical (unpaired) electrons. The summed E-state index contributed by atoms with van der Waals surface area (Å²) in [6.45, 7) is 2.91. The summed E-state index contributed by atoms with van der Waals surface area (Å²) in [7, 11) is 2.26. The van der Waals surface area contributed by atoms with Crippen LogP contribution < -0.4 is 0 Å². The van der Waals surface area contributed by atoms with E-state index in [0.717, 1.165) is 81.0 Å². The van der Waals surface area contributed by atoms with Gasteiger partial charge in [0, 0.05) is 31.2 Å². The number of ether oxygens (including phenoxy) is 1. The van der Waals surface area contributed by atoms with E-state index in [4.69, 9.17) is 4.74 Å². The van der Waals surface area contributed by atoms with Crippen LogP contribution in [0, 0.1) is 5.92 Å². The molecule has 2 aromatic rings. The van der Waals surface area contributed by atoms with E-state index in [0.29, 0.717) is 5.56 Å². The van der Waals surface area contributed by atoms with Crippen LogP contribution in [0.15, 0.2) is 49.1 Å². The second kappa shape index (κ2) is 10.7. The van der Waals surface area contributed by atoms with E-state index in [1.807, 2.05) is 42.7 Å². The highest BCUT2D eigenvalue weighted by Crippen LogP contribution is 2.41. The van der Waals surface area contributed by atoms with Crippen molar-refractivity contribution in [1.82, 2.24) is 9.97 Å². The van der Waals surface area contributed by atoms with E-state index in [9.17, 15) is 9.90 Å². The van der Waals surface area contributed by atoms with Gasteiger partial charge in [-0.1, -0.05) is 49.6 Å². The summed E-state index contributed by atoms with van der Waals surface area (Å²) >= 11 is 0. The molecule has 1 saturated heterocycles. The minimum absolute atomic E-state index is 0.0845. The fraction of sp³-hybridized carbons (Fsp3) is 0.593. The molecular weight excluding hydrogens is 414 g/mol. The molecule has 0 spiro atoms. The van der Waals surface area contributed by atoms with Crippen LogP contribution in [0.5, 0.6) is 0 Å². The van der Waals surface area contributed by atoms with Crippen LogP contribution in [0.4, 0.5) is 0 Å². The van der Waals surface area contributed by atoms with Crippen LogP contribution in [-0.2, 0) is 21.6 Å².